The molecule has 90 valence electrons. The van der Waals surface area contributed by atoms with Gasteiger partial charge >= 0.3 is 0 Å². The summed E-state index contributed by atoms with van der Waals surface area (Å²) in [5.74, 6) is 0.824. The van der Waals surface area contributed by atoms with E-state index >= 15 is 0 Å². The van der Waals surface area contributed by atoms with Gasteiger partial charge in [-0.05, 0) is 19.4 Å². The second-order valence-corrected chi connectivity index (χ2v) is 4.43. The number of rotatable bonds is 3. The van der Waals surface area contributed by atoms with Gasteiger partial charge in [0.2, 0.25) is 0 Å². The molecule has 3 heterocycles. The van der Waals surface area contributed by atoms with Crippen molar-refractivity contribution in [2.75, 3.05) is 6.54 Å². The Kier molecular flexibility index (Phi) is 2.64. The highest BCUT2D eigenvalue weighted by atomic mass is 15.3. The molecule has 0 amide bonds. The first-order valence-electron chi connectivity index (χ1n) is 5.91. The van der Waals surface area contributed by atoms with E-state index in [2.05, 4.69) is 25.0 Å². The molecule has 1 aliphatic heterocycles. The highest BCUT2D eigenvalue weighted by Gasteiger charge is 2.20. The van der Waals surface area contributed by atoms with Crippen molar-refractivity contribution < 1.29 is 0 Å². The van der Waals surface area contributed by atoms with Crippen molar-refractivity contribution >= 4 is 0 Å². The van der Waals surface area contributed by atoms with Gasteiger partial charge in [-0.3, -0.25) is 4.68 Å². The van der Waals surface area contributed by atoms with Crippen LogP contribution in [0.5, 0.6) is 0 Å². The summed E-state index contributed by atoms with van der Waals surface area (Å²) in [7, 11) is 1.88. The van der Waals surface area contributed by atoms with Crippen LogP contribution in [-0.4, -0.2) is 30.9 Å². The average molecular weight is 232 g/mol. The summed E-state index contributed by atoms with van der Waals surface area (Å²) in [4.78, 5) is 8.47. The van der Waals surface area contributed by atoms with E-state index in [0.717, 1.165) is 12.4 Å². The molecule has 6 heteroatoms. The highest BCUT2D eigenvalue weighted by molar-refractivity contribution is 5.08. The topological polar surface area (TPSA) is 60.6 Å². The molecule has 0 aliphatic carbocycles. The van der Waals surface area contributed by atoms with Crippen molar-refractivity contribution in [3.8, 4) is 0 Å². The summed E-state index contributed by atoms with van der Waals surface area (Å²) < 4.78 is 3.85. The van der Waals surface area contributed by atoms with Crippen molar-refractivity contribution in [2.24, 2.45) is 7.05 Å². The third-order valence-electron chi connectivity index (χ3n) is 3.12. The maximum Gasteiger partial charge on any atom is 0.170 e. The van der Waals surface area contributed by atoms with Gasteiger partial charge < -0.3 is 9.88 Å². The molecule has 6 nitrogen and oxygen atoms in total. The minimum absolute atomic E-state index is 0.432. The predicted molar refractivity (Wildman–Crippen MR) is 62.3 cm³/mol. The van der Waals surface area contributed by atoms with Gasteiger partial charge in [-0.25, -0.2) is 9.97 Å². The van der Waals surface area contributed by atoms with Crippen LogP contribution >= 0.6 is 0 Å². The third-order valence-corrected chi connectivity index (χ3v) is 3.12. The number of aryl methyl sites for hydroxylation is 1. The summed E-state index contributed by atoms with van der Waals surface area (Å²) >= 11 is 0. The van der Waals surface area contributed by atoms with Crippen LogP contribution in [0.25, 0.3) is 0 Å². The zero-order chi connectivity index (χ0) is 11.7. The molecule has 1 fully saturated rings. The fourth-order valence-corrected chi connectivity index (χ4v) is 2.30. The highest BCUT2D eigenvalue weighted by Crippen LogP contribution is 2.22. The predicted octanol–water partition coefficient (Wildman–Crippen LogP) is 0.484. The first kappa shape index (κ1) is 10.5. The first-order valence-corrected chi connectivity index (χ1v) is 5.91. The van der Waals surface area contributed by atoms with E-state index in [-0.39, 0.29) is 0 Å². The van der Waals surface area contributed by atoms with Crippen LogP contribution in [0.15, 0.2) is 18.9 Å². The van der Waals surface area contributed by atoms with Crippen molar-refractivity contribution in [1.29, 1.82) is 0 Å². The van der Waals surface area contributed by atoms with Gasteiger partial charge in [0.15, 0.2) is 5.82 Å². The lowest BCUT2D eigenvalue weighted by atomic mass is 10.2. The Hall–Kier alpha value is -1.69. The molecule has 0 unspecified atom stereocenters. The van der Waals surface area contributed by atoms with Crippen LogP contribution in [0.4, 0.5) is 0 Å². The van der Waals surface area contributed by atoms with Crippen LogP contribution in [0.3, 0.4) is 0 Å². The fourth-order valence-electron chi connectivity index (χ4n) is 2.30. The number of nitrogens with zero attached hydrogens (tertiary/aromatic N) is 5. The molecule has 1 aliphatic rings. The number of hydrogen-bond acceptors (Lipinski definition) is 4. The first-order chi connectivity index (χ1) is 8.33. The molecule has 3 rings (SSSR count). The Morgan fingerprint density at radius 2 is 2.41 bits per heavy atom. The molecule has 2 aromatic rings. The van der Waals surface area contributed by atoms with Gasteiger partial charge in [-0.2, -0.15) is 5.10 Å². The largest absolute Gasteiger partial charge is 0.325 e. The number of hydrogen-bond donors (Lipinski definition) is 1. The molecule has 0 aromatic carbocycles. The van der Waals surface area contributed by atoms with Crippen molar-refractivity contribution in [2.45, 2.75) is 25.4 Å². The minimum atomic E-state index is 0.432. The van der Waals surface area contributed by atoms with Crippen LogP contribution in [0.2, 0.25) is 0 Å². The molecule has 0 bridgehead atoms. The molecule has 1 saturated heterocycles. The second kappa shape index (κ2) is 4.29. The van der Waals surface area contributed by atoms with Gasteiger partial charge in [-0.1, -0.05) is 0 Å². The van der Waals surface area contributed by atoms with Crippen molar-refractivity contribution in [3.63, 3.8) is 0 Å². The maximum atomic E-state index is 4.29. The van der Waals surface area contributed by atoms with E-state index in [4.69, 9.17) is 0 Å². The second-order valence-electron chi connectivity index (χ2n) is 4.43. The Bertz CT molecular complexity index is 494. The van der Waals surface area contributed by atoms with Crippen LogP contribution in [0.1, 0.15) is 30.4 Å². The molecule has 1 atom stereocenters. The van der Waals surface area contributed by atoms with Crippen molar-refractivity contribution in [3.05, 3.63) is 30.4 Å². The van der Waals surface area contributed by atoms with Crippen LogP contribution in [0, 0.1) is 0 Å². The standard InChI is InChI=1S/C11H16N6/c1-16-8-14-11(15-16)6-17-7-12-5-10(17)9-3-2-4-13-9/h5,7-9,13H,2-4,6H2,1H3/t9-/m0/s1. The van der Waals surface area contributed by atoms with Gasteiger partial charge in [0.1, 0.15) is 6.33 Å². The number of aromatic nitrogens is 5. The Morgan fingerprint density at radius 3 is 3.12 bits per heavy atom. The zero-order valence-corrected chi connectivity index (χ0v) is 9.87. The summed E-state index contributed by atoms with van der Waals surface area (Å²) in [6, 6.07) is 0.432. The van der Waals surface area contributed by atoms with Gasteiger partial charge in [0.05, 0.1) is 18.6 Å². The fraction of sp³-hybridized carbons (Fsp3) is 0.545. The van der Waals surface area contributed by atoms with E-state index in [1.165, 1.54) is 18.5 Å². The average Bonchev–Trinajstić information content (AvgIpc) is 3.00. The number of imidazole rings is 1. The molecular formula is C11H16N6. The monoisotopic (exact) mass is 232 g/mol. The van der Waals surface area contributed by atoms with Crippen LogP contribution < -0.4 is 5.32 Å². The Labute approximate surface area is 99.7 Å². The van der Waals surface area contributed by atoms with Crippen molar-refractivity contribution in [1.82, 2.24) is 29.6 Å². The van der Waals surface area contributed by atoms with Crippen LogP contribution in [-0.2, 0) is 13.6 Å². The molecule has 17 heavy (non-hydrogen) atoms. The van der Waals surface area contributed by atoms with E-state index in [0.29, 0.717) is 12.6 Å². The Morgan fingerprint density at radius 1 is 1.47 bits per heavy atom. The Balaban J connectivity index is 1.81. The lowest BCUT2D eigenvalue weighted by Crippen LogP contribution is -2.17. The summed E-state index contributed by atoms with van der Waals surface area (Å²) in [6.07, 6.45) is 7.93. The lowest BCUT2D eigenvalue weighted by Gasteiger charge is -2.12. The van der Waals surface area contributed by atoms with Gasteiger partial charge in [0, 0.05) is 19.3 Å². The zero-order valence-electron chi connectivity index (χ0n) is 9.87. The van der Waals surface area contributed by atoms with Gasteiger partial charge in [-0.15, -0.1) is 0 Å². The molecule has 0 saturated carbocycles. The smallest absolute Gasteiger partial charge is 0.170 e. The summed E-state index contributed by atoms with van der Waals surface area (Å²) in [6.45, 7) is 1.78. The van der Waals surface area contributed by atoms with E-state index in [1.54, 1.807) is 11.0 Å². The lowest BCUT2D eigenvalue weighted by molar-refractivity contribution is 0.575. The van der Waals surface area contributed by atoms with E-state index < -0.39 is 0 Å². The quantitative estimate of drug-likeness (QED) is 0.836. The minimum Gasteiger partial charge on any atom is -0.325 e. The third kappa shape index (κ3) is 2.08. The van der Waals surface area contributed by atoms with E-state index in [9.17, 15) is 0 Å². The summed E-state index contributed by atoms with van der Waals surface area (Å²) in [5, 5.41) is 7.77. The van der Waals surface area contributed by atoms with Gasteiger partial charge in [0.25, 0.3) is 0 Å². The van der Waals surface area contributed by atoms with E-state index in [1.807, 2.05) is 19.6 Å². The molecule has 0 radical (unpaired) electrons. The molecule has 2 aromatic heterocycles. The number of nitrogens with one attached hydrogen (secondary N) is 1. The molecule has 0 spiro atoms. The maximum absolute atomic E-state index is 4.29. The molecule has 1 N–H and O–H groups in total. The molecular weight excluding hydrogens is 216 g/mol. The normalized spacial score (nSPS) is 19.9. The summed E-state index contributed by atoms with van der Waals surface area (Å²) in [5.41, 5.74) is 1.23. The SMILES string of the molecule is Cn1cnc(Cn2cncc2[C@@H]2CCCN2)n1.